The lowest BCUT2D eigenvalue weighted by Crippen LogP contribution is -2.27. The van der Waals surface area contributed by atoms with Crippen molar-refractivity contribution in [3.63, 3.8) is 0 Å². The van der Waals surface area contributed by atoms with Gasteiger partial charge in [-0.3, -0.25) is 0 Å². The number of ether oxygens (including phenoxy) is 2. The number of nitrogens with one attached hydrogen (secondary N) is 1. The second-order valence-electron chi connectivity index (χ2n) is 6.65. The van der Waals surface area contributed by atoms with Crippen molar-refractivity contribution in [3.05, 3.63) is 59.1 Å². The molecule has 0 aliphatic carbocycles. The largest absolute Gasteiger partial charge is 0.493 e. The van der Waals surface area contributed by atoms with Gasteiger partial charge in [0.15, 0.2) is 17.3 Å². The first kappa shape index (κ1) is 22.1. The maximum Gasteiger partial charge on any atom is 0.243 e. The van der Waals surface area contributed by atoms with E-state index < -0.39 is 26.6 Å². The zero-order valence-electron chi connectivity index (χ0n) is 17.0. The van der Waals surface area contributed by atoms with Crippen molar-refractivity contribution in [1.29, 1.82) is 0 Å². The molecule has 12 heteroatoms. The van der Waals surface area contributed by atoms with E-state index >= 15 is 0 Å². The predicted molar refractivity (Wildman–Crippen MR) is 115 cm³/mol. The number of fused-ring (bicyclic) bond motifs is 1. The Bertz CT molecular complexity index is 1390. The van der Waals surface area contributed by atoms with Gasteiger partial charge in [-0.15, -0.1) is 16.4 Å². The molecule has 8 nitrogen and oxygen atoms in total. The van der Waals surface area contributed by atoms with Crippen molar-refractivity contribution in [2.45, 2.75) is 11.3 Å². The molecule has 2 aromatic carbocycles. The maximum absolute atomic E-state index is 13.8. The number of rotatable bonds is 8. The van der Waals surface area contributed by atoms with Crippen molar-refractivity contribution in [2.75, 3.05) is 20.8 Å². The minimum atomic E-state index is -4.20. The molecule has 0 spiro atoms. The molecule has 2 aromatic heterocycles. The van der Waals surface area contributed by atoms with Gasteiger partial charge in [0.2, 0.25) is 15.0 Å². The summed E-state index contributed by atoms with van der Waals surface area (Å²) in [6, 6.07) is 7.61. The van der Waals surface area contributed by atoms with Crippen LogP contribution < -0.4 is 14.2 Å². The number of halogens is 2. The maximum atomic E-state index is 13.8. The summed E-state index contributed by atoms with van der Waals surface area (Å²) in [4.78, 5) is 4.40. The zero-order chi connectivity index (χ0) is 22.9. The molecular formula is C20H18F2N4O4S2. The first-order valence-corrected chi connectivity index (χ1v) is 11.7. The standard InChI is InChI=1S/C20H18F2N4O4S2/c1-29-16-6-3-12(9-17(16)30-2)19-24-20-26(25-19)14(11-31-20)7-8-23-32(27,28)18-10-13(21)4-5-15(18)22/h3-6,9-11,23H,7-8H2,1-2H3. The fourth-order valence-electron chi connectivity index (χ4n) is 3.07. The molecule has 0 amide bonds. The van der Waals surface area contributed by atoms with E-state index in [-0.39, 0.29) is 13.0 Å². The van der Waals surface area contributed by atoms with E-state index in [1.54, 1.807) is 23.8 Å². The lowest BCUT2D eigenvalue weighted by molar-refractivity contribution is 0.355. The lowest BCUT2D eigenvalue weighted by atomic mass is 10.2. The van der Waals surface area contributed by atoms with Gasteiger partial charge in [-0.25, -0.2) is 26.4 Å². The first-order valence-electron chi connectivity index (χ1n) is 9.32. The Hall–Kier alpha value is -3.09. The van der Waals surface area contributed by atoms with Gasteiger partial charge in [-0.1, -0.05) is 0 Å². The van der Waals surface area contributed by atoms with Crippen LogP contribution in [0.4, 0.5) is 8.78 Å². The molecule has 0 aliphatic rings. The van der Waals surface area contributed by atoms with Crippen molar-refractivity contribution in [3.8, 4) is 22.9 Å². The van der Waals surface area contributed by atoms with Crippen LogP contribution in [0.1, 0.15) is 5.69 Å². The van der Waals surface area contributed by atoms with Gasteiger partial charge in [0.05, 0.1) is 19.9 Å². The Kier molecular flexibility index (Phi) is 6.09. The number of thiazole rings is 1. The van der Waals surface area contributed by atoms with Crippen molar-refractivity contribution in [2.24, 2.45) is 0 Å². The Balaban J connectivity index is 1.52. The van der Waals surface area contributed by atoms with Crippen LogP contribution in [0.3, 0.4) is 0 Å². The molecule has 0 saturated heterocycles. The van der Waals surface area contributed by atoms with Crippen molar-refractivity contribution < 1.29 is 26.7 Å². The summed E-state index contributed by atoms with van der Waals surface area (Å²) in [7, 11) is -1.12. The SMILES string of the molecule is COc1ccc(-c2nc3scc(CCNS(=O)(=O)c4cc(F)ccc4F)n3n2)cc1OC. The highest BCUT2D eigenvalue weighted by Gasteiger charge is 2.20. The number of hydrogen-bond donors (Lipinski definition) is 1. The van der Waals surface area contributed by atoms with Crippen LogP contribution in [0.5, 0.6) is 11.5 Å². The van der Waals surface area contributed by atoms with Crippen LogP contribution in [0.25, 0.3) is 16.3 Å². The van der Waals surface area contributed by atoms with Crippen molar-refractivity contribution >= 4 is 26.3 Å². The smallest absolute Gasteiger partial charge is 0.243 e. The average molecular weight is 481 g/mol. The summed E-state index contributed by atoms with van der Waals surface area (Å²) in [5, 5.41) is 6.32. The van der Waals surface area contributed by atoms with Gasteiger partial charge in [-0.05, 0) is 36.4 Å². The predicted octanol–water partition coefficient (Wildman–Crippen LogP) is 3.27. The van der Waals surface area contributed by atoms with Crippen molar-refractivity contribution in [1.82, 2.24) is 19.3 Å². The van der Waals surface area contributed by atoms with Crippen LogP contribution in [-0.4, -0.2) is 43.8 Å². The molecule has 0 radical (unpaired) electrons. The van der Waals surface area contributed by atoms with E-state index in [0.29, 0.717) is 34.0 Å². The van der Waals surface area contributed by atoms with Crippen LogP contribution in [0.2, 0.25) is 0 Å². The molecule has 168 valence electrons. The van der Waals surface area contributed by atoms with Gasteiger partial charge in [-0.2, -0.15) is 4.98 Å². The first-order chi connectivity index (χ1) is 15.3. The van der Waals surface area contributed by atoms with E-state index in [9.17, 15) is 17.2 Å². The van der Waals surface area contributed by atoms with Gasteiger partial charge in [0, 0.05) is 23.9 Å². The highest BCUT2D eigenvalue weighted by Crippen LogP contribution is 2.31. The number of benzene rings is 2. The fourth-order valence-corrected chi connectivity index (χ4v) is 5.04. The Labute approximate surface area is 186 Å². The van der Waals surface area contributed by atoms with Gasteiger partial charge >= 0.3 is 0 Å². The second kappa shape index (κ2) is 8.81. The Morgan fingerprint density at radius 3 is 2.62 bits per heavy atom. The Morgan fingerprint density at radius 1 is 1.09 bits per heavy atom. The number of nitrogens with zero attached hydrogens (tertiary/aromatic N) is 3. The minimum Gasteiger partial charge on any atom is -0.493 e. The Morgan fingerprint density at radius 2 is 1.88 bits per heavy atom. The molecule has 0 fully saturated rings. The molecule has 0 unspecified atom stereocenters. The molecule has 4 rings (SSSR count). The zero-order valence-corrected chi connectivity index (χ0v) is 18.6. The molecule has 4 aromatic rings. The third kappa shape index (κ3) is 4.29. The van der Waals surface area contributed by atoms with Crippen LogP contribution in [0.15, 0.2) is 46.7 Å². The van der Waals surface area contributed by atoms with Gasteiger partial charge < -0.3 is 9.47 Å². The van der Waals surface area contributed by atoms with E-state index in [1.165, 1.54) is 18.4 Å². The second-order valence-corrected chi connectivity index (χ2v) is 9.22. The fraction of sp³-hybridized carbons (Fsp3) is 0.200. The number of aromatic nitrogens is 3. The summed E-state index contributed by atoms with van der Waals surface area (Å²) in [6.07, 6.45) is 0.269. The topological polar surface area (TPSA) is 94.8 Å². The quantitative estimate of drug-likeness (QED) is 0.416. The van der Waals surface area contributed by atoms with Crippen LogP contribution >= 0.6 is 11.3 Å². The average Bonchev–Trinajstić information content (AvgIpc) is 3.36. The molecule has 0 saturated carbocycles. The third-order valence-corrected chi connectivity index (χ3v) is 6.99. The van der Waals surface area contributed by atoms with Crippen LogP contribution in [-0.2, 0) is 16.4 Å². The molecular weight excluding hydrogens is 462 g/mol. The highest BCUT2D eigenvalue weighted by atomic mass is 32.2. The summed E-state index contributed by atoms with van der Waals surface area (Å²) in [6.45, 7) is -0.0321. The minimum absolute atomic E-state index is 0.0321. The van der Waals surface area contributed by atoms with E-state index in [4.69, 9.17) is 9.47 Å². The van der Waals surface area contributed by atoms with Gasteiger partial charge in [0.25, 0.3) is 0 Å². The normalized spacial score (nSPS) is 11.8. The highest BCUT2D eigenvalue weighted by molar-refractivity contribution is 7.89. The number of sulfonamides is 1. The van der Waals surface area contributed by atoms with Crippen LogP contribution in [0, 0.1) is 11.6 Å². The molecule has 0 bridgehead atoms. The number of hydrogen-bond acceptors (Lipinski definition) is 7. The third-order valence-electron chi connectivity index (χ3n) is 4.65. The van der Waals surface area contributed by atoms with E-state index in [0.717, 1.165) is 17.7 Å². The monoisotopic (exact) mass is 480 g/mol. The molecule has 0 atom stereocenters. The lowest BCUT2D eigenvalue weighted by Gasteiger charge is -2.08. The molecule has 2 heterocycles. The summed E-state index contributed by atoms with van der Waals surface area (Å²) >= 11 is 1.35. The number of methoxy groups -OCH3 is 2. The van der Waals surface area contributed by atoms with E-state index in [2.05, 4.69) is 14.8 Å². The summed E-state index contributed by atoms with van der Waals surface area (Å²) < 4.78 is 66.3. The van der Waals surface area contributed by atoms with E-state index in [1.807, 2.05) is 11.4 Å². The van der Waals surface area contributed by atoms with Gasteiger partial charge in [0.1, 0.15) is 16.5 Å². The molecule has 0 aliphatic heterocycles. The summed E-state index contributed by atoms with van der Waals surface area (Å²) in [5.41, 5.74) is 1.44. The molecule has 32 heavy (non-hydrogen) atoms. The summed E-state index contributed by atoms with van der Waals surface area (Å²) in [5.74, 6) is -0.256. The molecule has 1 N–H and O–H groups in total.